The maximum atomic E-state index is 12.2. The summed E-state index contributed by atoms with van der Waals surface area (Å²) in [7, 11) is 0. The Morgan fingerprint density at radius 2 is 2.04 bits per heavy atom. The van der Waals surface area contributed by atoms with E-state index in [4.69, 9.17) is 16.0 Å². The Labute approximate surface area is 157 Å². The number of amides is 1. The summed E-state index contributed by atoms with van der Waals surface area (Å²) in [6.07, 6.45) is 0. The van der Waals surface area contributed by atoms with Gasteiger partial charge >= 0.3 is 0 Å². The van der Waals surface area contributed by atoms with Crippen LogP contribution in [0, 0.1) is 24.0 Å². The molecule has 1 aromatic heterocycles. The van der Waals surface area contributed by atoms with Crippen LogP contribution in [-0.2, 0) is 4.79 Å². The van der Waals surface area contributed by atoms with Crippen molar-refractivity contribution in [2.24, 2.45) is 0 Å². The monoisotopic (exact) mass is 391 g/mol. The predicted molar refractivity (Wildman–Crippen MR) is 101 cm³/mol. The Morgan fingerprint density at radius 1 is 1.31 bits per heavy atom. The molecule has 3 aromatic rings. The van der Waals surface area contributed by atoms with E-state index >= 15 is 0 Å². The number of nitrogens with zero attached hydrogens (tertiary/aromatic N) is 2. The van der Waals surface area contributed by atoms with E-state index in [1.54, 1.807) is 31.2 Å². The van der Waals surface area contributed by atoms with E-state index in [1.165, 1.54) is 6.07 Å². The summed E-state index contributed by atoms with van der Waals surface area (Å²) in [6.45, 7) is 3.61. The lowest BCUT2D eigenvalue weighted by molar-refractivity contribution is -0.384. The quantitative estimate of drug-likeness (QED) is 0.383. The number of nitro benzene ring substituents is 1. The number of rotatable bonds is 5. The molecule has 0 aliphatic heterocycles. The van der Waals surface area contributed by atoms with Crippen LogP contribution in [0.3, 0.4) is 0 Å². The highest BCUT2D eigenvalue weighted by molar-refractivity contribution is 7.99. The fourth-order valence-corrected chi connectivity index (χ4v) is 3.11. The Hall–Kier alpha value is -2.58. The minimum absolute atomic E-state index is 0.00460. The molecular formula is C17H14ClN3O4S. The Kier molecular flexibility index (Phi) is 5.15. The van der Waals surface area contributed by atoms with Crippen LogP contribution in [0.2, 0.25) is 5.02 Å². The van der Waals surface area contributed by atoms with Gasteiger partial charge in [0.1, 0.15) is 11.2 Å². The summed E-state index contributed by atoms with van der Waals surface area (Å²) in [5.41, 5.74) is 2.85. The van der Waals surface area contributed by atoms with E-state index in [0.717, 1.165) is 22.9 Å². The van der Waals surface area contributed by atoms with E-state index in [0.29, 0.717) is 21.3 Å². The number of nitrogens with one attached hydrogen (secondary N) is 1. The first kappa shape index (κ1) is 18.2. The molecule has 1 N–H and O–H groups in total. The summed E-state index contributed by atoms with van der Waals surface area (Å²) in [5.74, 6) is -0.383. The molecule has 0 unspecified atom stereocenters. The van der Waals surface area contributed by atoms with Crippen LogP contribution in [0.25, 0.3) is 11.1 Å². The van der Waals surface area contributed by atoms with Crippen molar-refractivity contribution in [2.75, 3.05) is 11.1 Å². The maximum Gasteiger partial charge on any atom is 0.293 e. The molecule has 2 aromatic carbocycles. The van der Waals surface area contributed by atoms with Crippen LogP contribution in [0.15, 0.2) is 40.0 Å². The number of carbonyl (C=O) groups is 1. The van der Waals surface area contributed by atoms with E-state index in [9.17, 15) is 14.9 Å². The van der Waals surface area contributed by atoms with Crippen molar-refractivity contribution in [1.29, 1.82) is 0 Å². The molecule has 0 atom stereocenters. The van der Waals surface area contributed by atoms with Crippen LogP contribution in [0.1, 0.15) is 11.1 Å². The number of hydrogen-bond acceptors (Lipinski definition) is 6. The number of nitro groups is 1. The van der Waals surface area contributed by atoms with Crippen molar-refractivity contribution in [2.45, 2.75) is 19.1 Å². The molecule has 26 heavy (non-hydrogen) atoms. The summed E-state index contributed by atoms with van der Waals surface area (Å²) >= 11 is 6.99. The second kappa shape index (κ2) is 7.35. The van der Waals surface area contributed by atoms with Crippen LogP contribution < -0.4 is 5.32 Å². The lowest BCUT2D eigenvalue weighted by atomic mass is 10.1. The van der Waals surface area contributed by atoms with Gasteiger partial charge in [-0.25, -0.2) is 4.98 Å². The molecule has 9 heteroatoms. The SMILES string of the molecule is Cc1cc(NC(=O)CSc2nc3ccc(Cl)cc3o2)c([N+](=O)[O-])cc1C. The molecule has 0 fully saturated rings. The second-order valence-electron chi connectivity index (χ2n) is 5.64. The molecule has 0 bridgehead atoms. The molecule has 1 heterocycles. The van der Waals surface area contributed by atoms with Crippen LogP contribution in [-0.4, -0.2) is 21.6 Å². The van der Waals surface area contributed by atoms with Crippen molar-refractivity contribution in [3.05, 3.63) is 56.6 Å². The molecule has 0 saturated heterocycles. The van der Waals surface area contributed by atoms with Gasteiger partial charge in [-0.15, -0.1) is 0 Å². The van der Waals surface area contributed by atoms with Crippen molar-refractivity contribution in [3.8, 4) is 0 Å². The summed E-state index contributed by atoms with van der Waals surface area (Å²) < 4.78 is 5.53. The zero-order valence-electron chi connectivity index (χ0n) is 13.9. The van der Waals surface area contributed by atoms with Crippen molar-refractivity contribution in [1.82, 2.24) is 4.98 Å². The smallest absolute Gasteiger partial charge is 0.293 e. The topological polar surface area (TPSA) is 98.3 Å². The molecule has 7 nitrogen and oxygen atoms in total. The summed E-state index contributed by atoms with van der Waals surface area (Å²) in [6, 6.07) is 8.11. The number of fused-ring (bicyclic) bond motifs is 1. The average molecular weight is 392 g/mol. The number of anilines is 1. The van der Waals surface area contributed by atoms with Gasteiger partial charge in [-0.05, 0) is 43.2 Å². The molecule has 134 valence electrons. The zero-order chi connectivity index (χ0) is 18.8. The van der Waals surface area contributed by atoms with Gasteiger partial charge in [-0.3, -0.25) is 14.9 Å². The number of oxazole rings is 1. The van der Waals surface area contributed by atoms with Gasteiger partial charge in [-0.2, -0.15) is 0 Å². The number of benzene rings is 2. The fraction of sp³-hybridized carbons (Fsp3) is 0.176. The average Bonchev–Trinajstić information content (AvgIpc) is 2.97. The molecule has 0 aliphatic carbocycles. The standard InChI is InChI=1S/C17H14ClN3O4S/c1-9-5-13(14(21(23)24)6-10(9)2)19-16(22)8-26-17-20-12-4-3-11(18)7-15(12)25-17/h3-7H,8H2,1-2H3,(H,19,22). The van der Waals surface area contributed by atoms with E-state index in [1.807, 2.05) is 6.92 Å². The first-order valence-electron chi connectivity index (χ1n) is 7.58. The third-order valence-electron chi connectivity index (χ3n) is 3.74. The van der Waals surface area contributed by atoms with Crippen molar-refractivity contribution < 1.29 is 14.1 Å². The lowest BCUT2D eigenvalue weighted by Crippen LogP contribution is -2.15. The van der Waals surface area contributed by atoms with Crippen LogP contribution in [0.4, 0.5) is 11.4 Å². The minimum Gasteiger partial charge on any atom is -0.431 e. The maximum absolute atomic E-state index is 12.2. The lowest BCUT2D eigenvalue weighted by Gasteiger charge is -2.08. The highest BCUT2D eigenvalue weighted by Gasteiger charge is 2.18. The molecule has 1 amide bonds. The van der Waals surface area contributed by atoms with E-state index in [2.05, 4.69) is 10.3 Å². The number of halogens is 1. The van der Waals surface area contributed by atoms with Gasteiger partial charge in [0.15, 0.2) is 5.58 Å². The van der Waals surface area contributed by atoms with Gasteiger partial charge in [0.2, 0.25) is 5.91 Å². The van der Waals surface area contributed by atoms with E-state index < -0.39 is 4.92 Å². The number of aromatic nitrogens is 1. The summed E-state index contributed by atoms with van der Waals surface area (Å²) in [4.78, 5) is 27.1. The predicted octanol–water partition coefficient (Wildman–Crippen LogP) is 4.74. The molecule has 0 aliphatic rings. The Bertz CT molecular complexity index is 1020. The third-order valence-corrected chi connectivity index (χ3v) is 4.80. The Morgan fingerprint density at radius 3 is 2.77 bits per heavy atom. The largest absolute Gasteiger partial charge is 0.431 e. The van der Waals surface area contributed by atoms with Crippen molar-refractivity contribution >= 4 is 51.7 Å². The molecule has 0 radical (unpaired) electrons. The first-order chi connectivity index (χ1) is 12.3. The minimum atomic E-state index is -0.514. The molecule has 0 saturated carbocycles. The highest BCUT2D eigenvalue weighted by Crippen LogP contribution is 2.29. The molecule has 3 rings (SSSR count). The normalized spacial score (nSPS) is 10.9. The van der Waals surface area contributed by atoms with Crippen LogP contribution in [0.5, 0.6) is 0 Å². The fourth-order valence-electron chi connectivity index (χ4n) is 2.30. The third kappa shape index (κ3) is 3.97. The molecular weight excluding hydrogens is 378 g/mol. The number of aryl methyl sites for hydroxylation is 2. The Balaban J connectivity index is 1.70. The van der Waals surface area contributed by atoms with Gasteiger partial charge in [0, 0.05) is 17.2 Å². The van der Waals surface area contributed by atoms with Gasteiger partial charge in [0.05, 0.1) is 10.7 Å². The number of hydrogen-bond donors (Lipinski definition) is 1. The number of carbonyl (C=O) groups excluding carboxylic acids is 1. The van der Waals surface area contributed by atoms with Crippen LogP contribution >= 0.6 is 23.4 Å². The highest BCUT2D eigenvalue weighted by atomic mass is 35.5. The van der Waals surface area contributed by atoms with E-state index in [-0.39, 0.29) is 23.0 Å². The van der Waals surface area contributed by atoms with Gasteiger partial charge < -0.3 is 9.73 Å². The van der Waals surface area contributed by atoms with Gasteiger partial charge in [0.25, 0.3) is 10.9 Å². The first-order valence-corrected chi connectivity index (χ1v) is 8.94. The molecule has 0 spiro atoms. The number of thioether (sulfide) groups is 1. The zero-order valence-corrected chi connectivity index (χ0v) is 15.5. The second-order valence-corrected chi connectivity index (χ2v) is 7.00. The van der Waals surface area contributed by atoms with Crippen molar-refractivity contribution in [3.63, 3.8) is 0 Å². The van der Waals surface area contributed by atoms with Gasteiger partial charge in [-0.1, -0.05) is 23.4 Å². The summed E-state index contributed by atoms with van der Waals surface area (Å²) in [5, 5.41) is 14.6.